The number of carbonyl (C=O) groups is 1. The molecule has 4 rings (SSSR count). The fourth-order valence-corrected chi connectivity index (χ4v) is 4.85. The average molecular weight is 449 g/mol. The molecule has 0 bridgehead atoms. The summed E-state index contributed by atoms with van der Waals surface area (Å²) in [6.45, 7) is 0. The Labute approximate surface area is 170 Å². The van der Waals surface area contributed by atoms with Crippen molar-refractivity contribution in [2.24, 2.45) is 0 Å². The number of H-pyrrole nitrogens is 1. The van der Waals surface area contributed by atoms with Gasteiger partial charge in [0.05, 0.1) is 15.9 Å². The Hall–Kier alpha value is -1.98. The van der Waals surface area contributed by atoms with Crippen LogP contribution in [0.1, 0.15) is 42.7 Å². The van der Waals surface area contributed by atoms with E-state index in [9.17, 15) is 4.79 Å². The number of aromatic nitrogens is 1. The van der Waals surface area contributed by atoms with E-state index < -0.39 is 5.97 Å². The van der Waals surface area contributed by atoms with Crippen molar-refractivity contribution in [3.05, 3.63) is 57.2 Å². The van der Waals surface area contributed by atoms with Crippen LogP contribution in [0.5, 0.6) is 11.5 Å². The molecule has 6 heteroatoms. The Morgan fingerprint density at radius 1 is 1.26 bits per heavy atom. The van der Waals surface area contributed by atoms with E-state index in [1.54, 1.807) is 12.1 Å². The molecule has 0 spiro atoms. The van der Waals surface area contributed by atoms with E-state index in [2.05, 4.69) is 27.1 Å². The number of carboxylic acid groups (broad SMARTS) is 1. The van der Waals surface area contributed by atoms with Crippen molar-refractivity contribution in [1.82, 2.24) is 4.98 Å². The quantitative estimate of drug-likeness (QED) is 0.458. The van der Waals surface area contributed by atoms with Gasteiger partial charge in [0.1, 0.15) is 5.75 Å². The third-order valence-corrected chi connectivity index (χ3v) is 5.98. The van der Waals surface area contributed by atoms with Crippen molar-refractivity contribution in [2.45, 2.75) is 38.0 Å². The normalized spacial score (nSPS) is 14.7. The predicted molar refractivity (Wildman–Crippen MR) is 110 cm³/mol. The van der Waals surface area contributed by atoms with Gasteiger partial charge in [-0.15, -0.1) is 0 Å². The van der Waals surface area contributed by atoms with Crippen LogP contribution in [0.4, 0.5) is 0 Å². The number of aliphatic carboxylic acids is 1. The lowest BCUT2D eigenvalue weighted by atomic mass is 9.97. The molecule has 1 fully saturated rings. The maximum atomic E-state index is 10.9. The molecule has 0 radical (unpaired) electrons. The zero-order valence-corrected chi connectivity index (χ0v) is 16.9. The van der Waals surface area contributed by atoms with Gasteiger partial charge in [-0.3, -0.25) is 4.79 Å². The van der Waals surface area contributed by atoms with E-state index >= 15 is 0 Å². The van der Waals surface area contributed by atoms with Gasteiger partial charge >= 0.3 is 5.97 Å². The first-order valence-corrected chi connectivity index (χ1v) is 10.2. The van der Waals surface area contributed by atoms with E-state index in [0.717, 1.165) is 5.52 Å². The topological polar surface area (TPSA) is 62.3 Å². The van der Waals surface area contributed by atoms with E-state index in [-0.39, 0.29) is 6.42 Å². The van der Waals surface area contributed by atoms with Crippen LogP contribution < -0.4 is 4.74 Å². The molecule has 0 unspecified atom stereocenters. The fraction of sp³-hybridized carbons (Fsp3) is 0.286. The lowest BCUT2D eigenvalue weighted by Gasteiger charge is -2.12. The molecule has 1 aliphatic rings. The minimum atomic E-state index is -0.899. The van der Waals surface area contributed by atoms with Crippen LogP contribution in [0.25, 0.3) is 10.9 Å². The number of hydrogen-bond acceptors (Lipinski definition) is 2. The van der Waals surface area contributed by atoms with Gasteiger partial charge in [-0.2, -0.15) is 0 Å². The SMILES string of the molecule is O=C(O)Cc1cc(Cl)c(Oc2ccc3[nH]cc(C4CCCC4)c3c2)c(Br)c1. The molecule has 1 heterocycles. The van der Waals surface area contributed by atoms with Gasteiger partial charge in [0.15, 0.2) is 5.75 Å². The average Bonchev–Trinajstić information content (AvgIpc) is 3.26. The number of carboxylic acids is 1. The summed E-state index contributed by atoms with van der Waals surface area (Å²) in [7, 11) is 0. The number of halogens is 2. The summed E-state index contributed by atoms with van der Waals surface area (Å²) < 4.78 is 6.69. The van der Waals surface area contributed by atoms with Crippen molar-refractivity contribution in [1.29, 1.82) is 0 Å². The third-order valence-electron chi connectivity index (χ3n) is 5.11. The molecule has 2 N–H and O–H groups in total. The van der Waals surface area contributed by atoms with Gasteiger partial charge in [0.2, 0.25) is 0 Å². The lowest BCUT2D eigenvalue weighted by molar-refractivity contribution is -0.136. The smallest absolute Gasteiger partial charge is 0.307 e. The van der Waals surface area contributed by atoms with Crippen LogP contribution in [-0.4, -0.2) is 16.1 Å². The second-order valence-electron chi connectivity index (χ2n) is 6.99. The number of benzene rings is 2. The summed E-state index contributed by atoms with van der Waals surface area (Å²) in [5.74, 6) is 0.904. The summed E-state index contributed by atoms with van der Waals surface area (Å²) in [5, 5.41) is 10.5. The molecule has 0 amide bonds. The number of ether oxygens (including phenoxy) is 1. The van der Waals surface area contributed by atoms with Gasteiger partial charge in [-0.1, -0.05) is 24.4 Å². The maximum Gasteiger partial charge on any atom is 0.307 e. The second-order valence-corrected chi connectivity index (χ2v) is 8.26. The predicted octanol–water partition coefficient (Wildman–Crippen LogP) is 6.66. The number of nitrogens with one attached hydrogen (secondary N) is 1. The highest BCUT2D eigenvalue weighted by atomic mass is 79.9. The third kappa shape index (κ3) is 3.85. The summed E-state index contributed by atoms with van der Waals surface area (Å²) in [4.78, 5) is 14.3. The molecule has 0 aliphatic heterocycles. The minimum absolute atomic E-state index is 0.0847. The maximum absolute atomic E-state index is 10.9. The van der Waals surface area contributed by atoms with Crippen LogP contribution in [0.2, 0.25) is 5.02 Å². The molecule has 0 atom stereocenters. The molecular weight excluding hydrogens is 430 g/mol. The zero-order chi connectivity index (χ0) is 19.0. The molecular formula is C21H19BrClNO3. The Kier molecular flexibility index (Phi) is 5.15. The highest BCUT2D eigenvalue weighted by molar-refractivity contribution is 9.10. The van der Waals surface area contributed by atoms with Crippen LogP contribution in [0.15, 0.2) is 41.0 Å². The van der Waals surface area contributed by atoms with E-state index in [1.807, 2.05) is 18.2 Å². The number of aromatic amines is 1. The first-order valence-electron chi connectivity index (χ1n) is 9.00. The van der Waals surface area contributed by atoms with Gasteiger partial charge in [-0.05, 0) is 76.1 Å². The molecule has 2 aromatic carbocycles. The molecule has 140 valence electrons. The second kappa shape index (κ2) is 7.56. The van der Waals surface area contributed by atoms with Gasteiger partial charge < -0.3 is 14.8 Å². The molecule has 3 aromatic rings. The van der Waals surface area contributed by atoms with Crippen molar-refractivity contribution >= 4 is 44.4 Å². The molecule has 27 heavy (non-hydrogen) atoms. The van der Waals surface area contributed by atoms with Gasteiger partial charge in [0.25, 0.3) is 0 Å². The monoisotopic (exact) mass is 447 g/mol. The van der Waals surface area contributed by atoms with Crippen molar-refractivity contribution in [3.63, 3.8) is 0 Å². The Morgan fingerprint density at radius 2 is 2.04 bits per heavy atom. The highest BCUT2D eigenvalue weighted by Gasteiger charge is 2.20. The first-order chi connectivity index (χ1) is 13.0. The summed E-state index contributed by atoms with van der Waals surface area (Å²) >= 11 is 9.79. The van der Waals surface area contributed by atoms with Gasteiger partial charge in [-0.25, -0.2) is 0 Å². The van der Waals surface area contributed by atoms with Crippen molar-refractivity contribution in [3.8, 4) is 11.5 Å². The Bertz CT molecular complexity index is 985. The Morgan fingerprint density at radius 3 is 2.74 bits per heavy atom. The molecule has 0 saturated heterocycles. The molecule has 1 aliphatic carbocycles. The molecule has 1 saturated carbocycles. The number of rotatable bonds is 5. The zero-order valence-electron chi connectivity index (χ0n) is 14.6. The van der Waals surface area contributed by atoms with Crippen LogP contribution in [0.3, 0.4) is 0 Å². The molecule has 4 nitrogen and oxygen atoms in total. The van der Waals surface area contributed by atoms with Crippen molar-refractivity contribution < 1.29 is 14.6 Å². The summed E-state index contributed by atoms with van der Waals surface area (Å²) in [5.41, 5.74) is 3.08. The van der Waals surface area contributed by atoms with Crippen LogP contribution in [-0.2, 0) is 11.2 Å². The summed E-state index contributed by atoms with van der Waals surface area (Å²) in [6, 6.07) is 9.34. The van der Waals surface area contributed by atoms with Crippen LogP contribution in [0, 0.1) is 0 Å². The first kappa shape index (κ1) is 18.4. The van der Waals surface area contributed by atoms with Gasteiger partial charge in [0, 0.05) is 17.1 Å². The van der Waals surface area contributed by atoms with E-state index in [0.29, 0.717) is 32.5 Å². The summed E-state index contributed by atoms with van der Waals surface area (Å²) in [6.07, 6.45) is 7.09. The van der Waals surface area contributed by atoms with Crippen molar-refractivity contribution in [2.75, 3.05) is 0 Å². The van der Waals surface area contributed by atoms with E-state index in [1.165, 1.54) is 36.6 Å². The number of fused-ring (bicyclic) bond motifs is 1. The van der Waals surface area contributed by atoms with E-state index in [4.69, 9.17) is 21.4 Å². The number of hydrogen-bond donors (Lipinski definition) is 2. The standard InChI is InChI=1S/C21H19BrClNO3/c22-17-7-12(9-20(25)26)8-18(23)21(17)27-14-5-6-19-15(10-14)16(11-24-19)13-3-1-2-4-13/h5-8,10-11,13,24H,1-4,9H2,(H,25,26). The lowest BCUT2D eigenvalue weighted by Crippen LogP contribution is -2.00. The highest BCUT2D eigenvalue weighted by Crippen LogP contribution is 2.41. The largest absolute Gasteiger partial charge is 0.481 e. The minimum Gasteiger partial charge on any atom is -0.481 e. The molecule has 1 aromatic heterocycles. The van der Waals surface area contributed by atoms with Crippen LogP contribution >= 0.6 is 27.5 Å². The fourth-order valence-electron chi connectivity index (χ4n) is 3.86. The Balaban J connectivity index is 1.65.